The van der Waals surface area contributed by atoms with E-state index in [-0.39, 0.29) is 0 Å². The third-order valence-corrected chi connectivity index (χ3v) is 8.46. The van der Waals surface area contributed by atoms with Gasteiger partial charge >= 0.3 is 7.12 Å². The molecule has 0 aliphatic carbocycles. The van der Waals surface area contributed by atoms with Gasteiger partial charge in [0.25, 0.3) is 0 Å². The quantitative estimate of drug-likeness (QED) is 0.0567. The lowest BCUT2D eigenvalue weighted by Crippen LogP contribution is -2.48. The van der Waals surface area contributed by atoms with Gasteiger partial charge in [0, 0.05) is 5.39 Å². The zero-order valence-electron chi connectivity index (χ0n) is 25.9. The average Bonchev–Trinajstić information content (AvgIpc) is 3.16. The monoisotopic (exact) mass is 816 g/mol. The summed E-state index contributed by atoms with van der Waals surface area (Å²) in [5.41, 5.74) is -2.59. The summed E-state index contributed by atoms with van der Waals surface area (Å²) in [6.07, 6.45) is 0. The summed E-state index contributed by atoms with van der Waals surface area (Å²) in [7, 11) is -3.94. The molecule has 0 amide bonds. The van der Waals surface area contributed by atoms with Crippen LogP contribution in [0.2, 0.25) is 0 Å². The van der Waals surface area contributed by atoms with E-state index in [9.17, 15) is 43.9 Å². The van der Waals surface area contributed by atoms with Gasteiger partial charge in [-0.25, -0.2) is 74.6 Å². The van der Waals surface area contributed by atoms with Crippen LogP contribution in [0.3, 0.4) is 0 Å². The van der Waals surface area contributed by atoms with Gasteiger partial charge in [-0.3, -0.25) is 0 Å². The predicted octanol–water partition coefficient (Wildman–Crippen LogP) is 10.8. The van der Waals surface area contributed by atoms with E-state index >= 15 is 39.5 Å². The van der Waals surface area contributed by atoms with E-state index in [4.69, 9.17) is 4.65 Å². The van der Waals surface area contributed by atoms with E-state index in [1.807, 2.05) is 0 Å². The van der Waals surface area contributed by atoms with Gasteiger partial charge in [-0.1, -0.05) is 12.1 Å². The minimum absolute atomic E-state index is 0.396. The first-order valence-electron chi connectivity index (χ1n) is 14.6. The van der Waals surface area contributed by atoms with Crippen LogP contribution >= 0.6 is 0 Å². The van der Waals surface area contributed by atoms with Crippen molar-refractivity contribution in [3.8, 4) is 11.5 Å². The highest BCUT2D eigenvalue weighted by Crippen LogP contribution is 2.44. The van der Waals surface area contributed by atoms with Crippen molar-refractivity contribution in [3.63, 3.8) is 0 Å². The summed E-state index contributed by atoms with van der Waals surface area (Å²) >= 11 is 0. The van der Waals surface area contributed by atoms with Gasteiger partial charge in [0.2, 0.25) is 11.6 Å². The summed E-state index contributed by atoms with van der Waals surface area (Å²) in [4.78, 5) is 0. The first kappa shape index (κ1) is 38.2. The molecule has 7 aromatic rings. The maximum Gasteiger partial charge on any atom is 0.639 e. The van der Waals surface area contributed by atoms with Crippen LogP contribution < -0.4 is 14.8 Å². The molecule has 0 bridgehead atoms. The molecule has 0 unspecified atom stereocenters. The van der Waals surface area contributed by atoms with Gasteiger partial charge in [0.15, 0.2) is 81.4 Å². The highest BCUT2D eigenvalue weighted by molar-refractivity contribution is 6.63. The Labute approximate surface area is 295 Å². The summed E-state index contributed by atoms with van der Waals surface area (Å²) in [6.45, 7) is 0. The van der Waals surface area contributed by atoms with E-state index in [0.717, 1.165) is 12.1 Å². The Morgan fingerprint density at radius 3 is 1.23 bits per heavy atom. The molecule has 0 aromatic heterocycles. The molecule has 0 N–H and O–H groups in total. The van der Waals surface area contributed by atoms with Gasteiger partial charge in [-0.2, -0.15) is 8.78 Å². The van der Waals surface area contributed by atoms with Crippen LogP contribution in [-0.2, 0) is 0 Å². The van der Waals surface area contributed by atoms with E-state index < -0.39 is 178 Å². The highest BCUT2D eigenvalue weighted by atomic mass is 19.2. The largest absolute Gasteiger partial charge is 0.639 e. The Kier molecular flexibility index (Phi) is 8.87. The average molecular weight is 816 g/mol. The lowest BCUT2D eigenvalue weighted by molar-refractivity contribution is 0.363. The maximum absolute atomic E-state index is 16.0. The van der Waals surface area contributed by atoms with Crippen molar-refractivity contribution in [2.24, 2.45) is 0 Å². The third-order valence-electron chi connectivity index (χ3n) is 8.46. The fourth-order valence-electron chi connectivity index (χ4n) is 5.94. The minimum Gasteiger partial charge on any atom is -0.519 e. The molecule has 288 valence electrons. The van der Waals surface area contributed by atoms with Crippen molar-refractivity contribution in [3.05, 3.63) is 135 Å². The van der Waals surface area contributed by atoms with Crippen LogP contribution in [0.25, 0.3) is 43.1 Å². The number of hydrogen-bond donors (Lipinski definition) is 0. The molecule has 0 fully saturated rings. The van der Waals surface area contributed by atoms with Gasteiger partial charge in [0.05, 0.1) is 37.8 Å². The fraction of sp³-hybridized carbons (Fsp3) is 0. The van der Waals surface area contributed by atoms with E-state index in [1.54, 1.807) is 0 Å². The highest BCUT2D eigenvalue weighted by Gasteiger charge is 2.43. The van der Waals surface area contributed by atoms with Crippen molar-refractivity contribution >= 4 is 55.7 Å². The van der Waals surface area contributed by atoms with Crippen molar-refractivity contribution in [1.82, 2.24) is 0 Å². The molecule has 0 aliphatic rings. The fourth-order valence-corrected chi connectivity index (χ4v) is 5.94. The van der Waals surface area contributed by atoms with Gasteiger partial charge in [-0.15, -0.1) is 0 Å². The van der Waals surface area contributed by atoms with Crippen molar-refractivity contribution in [1.29, 1.82) is 0 Å². The molecular weight excluding hydrogens is 812 g/mol. The van der Waals surface area contributed by atoms with Crippen LogP contribution in [0.15, 0.2) is 24.3 Å². The normalized spacial score (nSPS) is 11.8. The Bertz CT molecular complexity index is 2910. The number of fused-ring (bicyclic) bond motifs is 4. The first-order chi connectivity index (χ1) is 26.2. The molecule has 56 heavy (non-hydrogen) atoms. The van der Waals surface area contributed by atoms with Crippen LogP contribution in [0, 0.1) is 111 Å². The summed E-state index contributed by atoms with van der Waals surface area (Å²) < 4.78 is 293. The molecule has 0 saturated heterocycles. The molecule has 7 aromatic carbocycles. The second kappa shape index (κ2) is 13.0. The molecule has 0 atom stereocenters. The van der Waals surface area contributed by atoms with Crippen molar-refractivity contribution < 1.29 is 92.7 Å². The zero-order valence-corrected chi connectivity index (χ0v) is 25.9. The minimum atomic E-state index is -3.94. The first-order valence-corrected chi connectivity index (χ1v) is 14.6. The molecule has 2 nitrogen and oxygen atoms in total. The molecule has 0 spiro atoms. The third kappa shape index (κ3) is 5.09. The SMILES string of the molecule is Fc1c(F)c(F)c(B(Oc2c(F)c(F)c(F)c3c(F)c4c(F)cccc4cc23)Oc2c(F)c(F)c(F)c3c(F)c4c(F)c(F)c(F)c(F)c4c(F)c23)c(F)c1F. The van der Waals surface area contributed by atoms with Crippen LogP contribution in [0.5, 0.6) is 11.5 Å². The van der Waals surface area contributed by atoms with Crippen molar-refractivity contribution in [2.75, 3.05) is 0 Å². The number of halogens is 19. The van der Waals surface area contributed by atoms with Gasteiger partial charge < -0.3 is 9.31 Å². The van der Waals surface area contributed by atoms with E-state index in [2.05, 4.69) is 4.65 Å². The summed E-state index contributed by atoms with van der Waals surface area (Å²) in [5.74, 6) is -56.9. The molecule has 0 radical (unpaired) electrons. The molecule has 7 rings (SSSR count). The van der Waals surface area contributed by atoms with Crippen LogP contribution in [0.4, 0.5) is 83.4 Å². The van der Waals surface area contributed by atoms with Crippen LogP contribution in [-0.4, -0.2) is 7.12 Å². The van der Waals surface area contributed by atoms with Crippen molar-refractivity contribution in [2.45, 2.75) is 0 Å². The summed E-state index contributed by atoms with van der Waals surface area (Å²) in [6, 6.07) is 2.73. The molecule has 22 heteroatoms. The molecule has 0 heterocycles. The van der Waals surface area contributed by atoms with E-state index in [1.165, 1.54) is 0 Å². The molecule has 0 saturated carbocycles. The molecular formula is C34H4BF19O2. The predicted molar refractivity (Wildman–Crippen MR) is 155 cm³/mol. The zero-order chi connectivity index (χ0) is 41.1. The lowest BCUT2D eigenvalue weighted by Gasteiger charge is -2.22. The second-order valence-electron chi connectivity index (χ2n) is 11.4. The smallest absolute Gasteiger partial charge is 0.519 e. The topological polar surface area (TPSA) is 18.5 Å². The Hall–Kier alpha value is -6.09. The van der Waals surface area contributed by atoms with Gasteiger partial charge in [-0.05, 0) is 17.5 Å². The Balaban J connectivity index is 1.61. The van der Waals surface area contributed by atoms with Crippen LogP contribution in [0.1, 0.15) is 0 Å². The standard InChI is InChI=1S/C34H4BF19O2/c36-7-3-1-2-5-4-6-9(15(37)8(5)7)18(40)26(48)31(53)33(6)55-35(14-22(44)28(50)30(52)29(51)23(14)45)56-34-13-12(21(43)27(49)32(34)54)16(38)10-11(17(13)39)20(42)25(47)24(46)19(10)41/h1-4H. The summed E-state index contributed by atoms with van der Waals surface area (Å²) in [5, 5.41) is -14.3. The van der Waals surface area contributed by atoms with E-state index in [0.29, 0.717) is 12.1 Å². The number of hydrogen-bond acceptors (Lipinski definition) is 2. The lowest BCUT2D eigenvalue weighted by atomic mass is 9.76. The Morgan fingerprint density at radius 2 is 0.696 bits per heavy atom. The number of benzene rings is 7. The number of rotatable bonds is 5. The second-order valence-corrected chi connectivity index (χ2v) is 11.4. The Morgan fingerprint density at radius 1 is 0.321 bits per heavy atom. The van der Waals surface area contributed by atoms with Gasteiger partial charge in [0.1, 0.15) is 29.0 Å². The maximum atomic E-state index is 16.0. The molecule has 0 aliphatic heterocycles.